The lowest BCUT2D eigenvalue weighted by Crippen LogP contribution is -2.31. The van der Waals surface area contributed by atoms with E-state index in [0.29, 0.717) is 12.6 Å². The Balaban J connectivity index is 1.45. The van der Waals surface area contributed by atoms with Gasteiger partial charge in [-0.25, -0.2) is 0 Å². The van der Waals surface area contributed by atoms with E-state index < -0.39 is 0 Å². The maximum atomic E-state index is 13.0. The predicted octanol–water partition coefficient (Wildman–Crippen LogP) is 6.01. The molecular formula is C28H35NO4. The van der Waals surface area contributed by atoms with Crippen LogP contribution >= 0.6 is 0 Å². The van der Waals surface area contributed by atoms with Gasteiger partial charge in [-0.3, -0.25) is 4.79 Å². The van der Waals surface area contributed by atoms with Crippen molar-refractivity contribution in [3.05, 3.63) is 59.7 Å². The Morgan fingerprint density at radius 3 is 2.27 bits per heavy atom. The molecular weight excluding hydrogens is 414 g/mol. The maximum Gasteiger partial charge on any atom is 0.247 e. The summed E-state index contributed by atoms with van der Waals surface area (Å²) < 4.78 is 17.2. The third-order valence-corrected chi connectivity index (χ3v) is 6.48. The van der Waals surface area contributed by atoms with Crippen LogP contribution in [0.5, 0.6) is 17.2 Å². The minimum Gasteiger partial charge on any atom is -0.497 e. The Bertz CT molecular complexity index is 941. The van der Waals surface area contributed by atoms with Gasteiger partial charge in [0.05, 0.1) is 20.3 Å². The molecule has 0 spiro atoms. The highest BCUT2D eigenvalue weighted by atomic mass is 16.5. The topological polar surface area (TPSA) is 48.0 Å². The van der Waals surface area contributed by atoms with Gasteiger partial charge in [-0.1, -0.05) is 31.0 Å². The van der Waals surface area contributed by atoms with Gasteiger partial charge in [-0.15, -0.1) is 0 Å². The third kappa shape index (κ3) is 6.53. The molecule has 176 valence electrons. The first-order chi connectivity index (χ1) is 16.2. The number of hydrogen-bond donors (Lipinski definition) is 0. The molecule has 33 heavy (non-hydrogen) atoms. The van der Waals surface area contributed by atoms with Crippen LogP contribution in [0.2, 0.25) is 0 Å². The molecule has 2 fully saturated rings. The van der Waals surface area contributed by atoms with Crippen molar-refractivity contribution < 1.29 is 19.0 Å². The summed E-state index contributed by atoms with van der Waals surface area (Å²) in [5.41, 5.74) is 2.04. The molecule has 0 unspecified atom stereocenters. The zero-order valence-corrected chi connectivity index (χ0v) is 19.8. The van der Waals surface area contributed by atoms with Crippen LogP contribution in [0.25, 0.3) is 6.08 Å². The average molecular weight is 450 g/mol. The summed E-state index contributed by atoms with van der Waals surface area (Å²) in [5, 5.41) is 0. The van der Waals surface area contributed by atoms with Crippen LogP contribution in [0.3, 0.4) is 0 Å². The Labute approximate surface area is 197 Å². The van der Waals surface area contributed by atoms with Crippen molar-refractivity contribution in [2.24, 2.45) is 0 Å². The lowest BCUT2D eigenvalue weighted by molar-refractivity contribution is -0.127. The summed E-state index contributed by atoms with van der Waals surface area (Å²) in [5.74, 6) is 2.39. The second-order valence-corrected chi connectivity index (χ2v) is 9.02. The largest absolute Gasteiger partial charge is 0.497 e. The zero-order valence-electron chi connectivity index (χ0n) is 19.8. The summed E-state index contributed by atoms with van der Waals surface area (Å²) in [6, 6.07) is 14.1. The number of carbonyl (C=O) groups excluding carboxylic acids is 1. The summed E-state index contributed by atoms with van der Waals surface area (Å²) in [6.07, 6.45) is 13.1. The standard InChI is InChI=1S/C28H35NO4/c1-31-24-15-9-21(10-16-24)12-18-28(30)29(23-13-14-23)20-22-11-17-26(32-2)27(19-22)33-25-7-5-3-4-6-8-25/h9-12,15-19,23,25H,3-8,13-14,20H2,1-2H3/b18-12+. The smallest absolute Gasteiger partial charge is 0.247 e. The number of benzene rings is 2. The van der Waals surface area contributed by atoms with Crippen molar-refractivity contribution in [1.29, 1.82) is 0 Å². The third-order valence-electron chi connectivity index (χ3n) is 6.48. The van der Waals surface area contributed by atoms with Gasteiger partial charge in [0.15, 0.2) is 11.5 Å². The normalized spacial score (nSPS) is 16.9. The van der Waals surface area contributed by atoms with E-state index in [1.807, 2.05) is 47.4 Å². The van der Waals surface area contributed by atoms with Crippen molar-refractivity contribution in [1.82, 2.24) is 4.90 Å². The van der Waals surface area contributed by atoms with Crippen LogP contribution in [0, 0.1) is 0 Å². The molecule has 5 nitrogen and oxygen atoms in total. The minimum atomic E-state index is 0.0374. The fourth-order valence-corrected chi connectivity index (χ4v) is 4.40. The molecule has 0 bridgehead atoms. The highest BCUT2D eigenvalue weighted by Crippen LogP contribution is 2.34. The molecule has 0 N–H and O–H groups in total. The average Bonchev–Trinajstić information content (AvgIpc) is 3.70. The van der Waals surface area contributed by atoms with Gasteiger partial charge in [0, 0.05) is 18.7 Å². The number of rotatable bonds is 9. The van der Waals surface area contributed by atoms with Crippen molar-refractivity contribution >= 4 is 12.0 Å². The zero-order chi connectivity index (χ0) is 23.0. The van der Waals surface area contributed by atoms with E-state index in [1.165, 1.54) is 25.7 Å². The quantitative estimate of drug-likeness (QED) is 0.347. The van der Waals surface area contributed by atoms with E-state index in [1.54, 1.807) is 20.3 Å². The van der Waals surface area contributed by atoms with Gasteiger partial charge in [-0.05, 0) is 80.0 Å². The first-order valence-electron chi connectivity index (χ1n) is 12.1. The fraction of sp³-hybridized carbons (Fsp3) is 0.464. The number of amides is 1. The van der Waals surface area contributed by atoms with Gasteiger partial charge in [0.25, 0.3) is 0 Å². The monoisotopic (exact) mass is 449 g/mol. The van der Waals surface area contributed by atoms with Crippen LogP contribution in [0.1, 0.15) is 62.5 Å². The lowest BCUT2D eigenvalue weighted by atomic mass is 10.1. The Morgan fingerprint density at radius 1 is 0.909 bits per heavy atom. The number of carbonyl (C=O) groups is 1. The maximum absolute atomic E-state index is 13.0. The summed E-state index contributed by atoms with van der Waals surface area (Å²) in [4.78, 5) is 15.0. The molecule has 2 aliphatic rings. The predicted molar refractivity (Wildman–Crippen MR) is 131 cm³/mol. The molecule has 2 aromatic carbocycles. The molecule has 0 saturated heterocycles. The van der Waals surface area contributed by atoms with Crippen molar-refractivity contribution in [3.8, 4) is 17.2 Å². The summed E-state index contributed by atoms with van der Waals surface area (Å²) >= 11 is 0. The van der Waals surface area contributed by atoms with Crippen LogP contribution in [-0.4, -0.2) is 37.2 Å². The Hall–Kier alpha value is -2.95. The van der Waals surface area contributed by atoms with Crippen LogP contribution in [-0.2, 0) is 11.3 Å². The number of nitrogens with zero attached hydrogens (tertiary/aromatic N) is 1. The Morgan fingerprint density at radius 2 is 1.64 bits per heavy atom. The van der Waals surface area contributed by atoms with E-state index in [9.17, 15) is 4.79 Å². The first-order valence-corrected chi connectivity index (χ1v) is 12.1. The highest BCUT2D eigenvalue weighted by Gasteiger charge is 2.31. The van der Waals surface area contributed by atoms with Crippen LogP contribution in [0.15, 0.2) is 48.5 Å². The van der Waals surface area contributed by atoms with E-state index in [-0.39, 0.29) is 12.0 Å². The summed E-state index contributed by atoms with van der Waals surface area (Å²) in [7, 11) is 3.33. The number of ether oxygens (including phenoxy) is 3. The summed E-state index contributed by atoms with van der Waals surface area (Å²) in [6.45, 7) is 0.571. The SMILES string of the molecule is COc1ccc(/C=C/C(=O)N(Cc2ccc(OC)c(OC3CCCCCC3)c2)C2CC2)cc1. The molecule has 1 amide bonds. The van der Waals surface area contributed by atoms with E-state index >= 15 is 0 Å². The number of methoxy groups -OCH3 is 2. The van der Waals surface area contributed by atoms with Crippen molar-refractivity contribution in [2.75, 3.05) is 14.2 Å². The molecule has 5 heteroatoms. The number of hydrogen-bond acceptors (Lipinski definition) is 4. The molecule has 0 atom stereocenters. The van der Waals surface area contributed by atoms with Gasteiger partial charge in [0.1, 0.15) is 5.75 Å². The van der Waals surface area contributed by atoms with Crippen molar-refractivity contribution in [3.63, 3.8) is 0 Å². The highest BCUT2D eigenvalue weighted by molar-refractivity contribution is 5.92. The van der Waals surface area contributed by atoms with Crippen LogP contribution < -0.4 is 14.2 Å². The fourth-order valence-electron chi connectivity index (χ4n) is 4.40. The lowest BCUT2D eigenvalue weighted by Gasteiger charge is -2.23. The minimum absolute atomic E-state index is 0.0374. The molecule has 0 heterocycles. The van der Waals surface area contributed by atoms with E-state index in [0.717, 1.165) is 54.1 Å². The molecule has 0 aromatic heterocycles. The molecule has 0 aliphatic heterocycles. The first kappa shape index (κ1) is 23.2. The molecule has 2 aliphatic carbocycles. The van der Waals surface area contributed by atoms with Gasteiger partial charge < -0.3 is 19.1 Å². The van der Waals surface area contributed by atoms with Crippen LogP contribution in [0.4, 0.5) is 0 Å². The molecule has 0 radical (unpaired) electrons. The molecule has 2 saturated carbocycles. The van der Waals surface area contributed by atoms with E-state index in [2.05, 4.69) is 6.07 Å². The molecule has 4 rings (SSSR count). The van der Waals surface area contributed by atoms with E-state index in [4.69, 9.17) is 14.2 Å². The second kappa shape index (κ2) is 11.3. The molecule has 2 aromatic rings. The van der Waals surface area contributed by atoms with Gasteiger partial charge >= 0.3 is 0 Å². The second-order valence-electron chi connectivity index (χ2n) is 9.02. The van der Waals surface area contributed by atoms with Crippen molar-refractivity contribution in [2.45, 2.75) is 70.1 Å². The van der Waals surface area contributed by atoms with Gasteiger partial charge in [-0.2, -0.15) is 0 Å². The Kier molecular flexibility index (Phi) is 7.92. The van der Waals surface area contributed by atoms with Gasteiger partial charge in [0.2, 0.25) is 5.91 Å².